The van der Waals surface area contributed by atoms with Gasteiger partial charge in [-0.05, 0) is 30.7 Å². The molecule has 2 aromatic rings. The van der Waals surface area contributed by atoms with Crippen LogP contribution in [0.2, 0.25) is 5.02 Å². The normalized spacial score (nSPS) is 15.9. The molecule has 0 spiro atoms. The van der Waals surface area contributed by atoms with Crippen molar-refractivity contribution in [2.24, 2.45) is 5.92 Å². The van der Waals surface area contributed by atoms with E-state index < -0.39 is 23.8 Å². The predicted molar refractivity (Wildman–Crippen MR) is 92.4 cm³/mol. The summed E-state index contributed by atoms with van der Waals surface area (Å²) >= 11 is 6.10. The highest BCUT2D eigenvalue weighted by Gasteiger charge is 2.39. The SMILES string of the molecule is CC(=O)[C@H](CN1C(=O)c2ccccc2C1=O)[C@@H](O)c1ccccc1Cl. The Morgan fingerprint density at radius 3 is 2.08 bits per heavy atom. The third-order valence-corrected chi connectivity index (χ3v) is 4.73. The molecule has 2 amide bonds. The summed E-state index contributed by atoms with van der Waals surface area (Å²) in [6.07, 6.45) is -1.21. The van der Waals surface area contributed by atoms with Gasteiger partial charge in [-0.25, -0.2) is 0 Å². The van der Waals surface area contributed by atoms with Crippen LogP contribution < -0.4 is 0 Å². The summed E-state index contributed by atoms with van der Waals surface area (Å²) in [4.78, 5) is 38.1. The highest BCUT2D eigenvalue weighted by molar-refractivity contribution is 6.31. The first-order chi connectivity index (χ1) is 11.9. The van der Waals surface area contributed by atoms with Gasteiger partial charge in [0.1, 0.15) is 5.78 Å². The highest BCUT2D eigenvalue weighted by atomic mass is 35.5. The standard InChI is InChI=1S/C19H16ClNO4/c1-11(22)15(17(23)14-8-4-5-9-16(14)20)10-21-18(24)12-6-2-3-7-13(12)19(21)25/h2-9,15,17,23H,10H2,1H3/t15-,17-/m0/s1. The topological polar surface area (TPSA) is 74.7 Å². The third kappa shape index (κ3) is 3.08. The molecule has 2 aromatic carbocycles. The number of amides is 2. The molecule has 0 fully saturated rings. The zero-order chi connectivity index (χ0) is 18.1. The predicted octanol–water partition coefficient (Wildman–Crippen LogP) is 2.87. The van der Waals surface area contributed by atoms with E-state index in [0.29, 0.717) is 21.7 Å². The van der Waals surface area contributed by atoms with Crippen molar-refractivity contribution in [3.8, 4) is 0 Å². The van der Waals surface area contributed by atoms with Crippen LogP contribution in [0.25, 0.3) is 0 Å². The van der Waals surface area contributed by atoms with E-state index >= 15 is 0 Å². The first-order valence-corrected chi connectivity index (χ1v) is 8.17. The van der Waals surface area contributed by atoms with Gasteiger partial charge >= 0.3 is 0 Å². The Balaban J connectivity index is 1.89. The van der Waals surface area contributed by atoms with Crippen molar-refractivity contribution in [1.29, 1.82) is 0 Å². The summed E-state index contributed by atoms with van der Waals surface area (Å²) in [5, 5.41) is 10.9. The Bertz CT molecular complexity index is 829. The molecule has 128 valence electrons. The van der Waals surface area contributed by atoms with E-state index in [9.17, 15) is 19.5 Å². The fourth-order valence-corrected chi connectivity index (χ4v) is 3.23. The molecule has 1 aliphatic rings. The van der Waals surface area contributed by atoms with Crippen molar-refractivity contribution in [3.63, 3.8) is 0 Å². The second-order valence-corrected chi connectivity index (χ2v) is 6.36. The maximum atomic E-state index is 12.5. The zero-order valence-corrected chi connectivity index (χ0v) is 14.2. The number of imide groups is 1. The lowest BCUT2D eigenvalue weighted by Gasteiger charge is -2.25. The molecule has 25 heavy (non-hydrogen) atoms. The van der Waals surface area contributed by atoms with Crippen LogP contribution >= 0.6 is 11.6 Å². The molecular weight excluding hydrogens is 342 g/mol. The highest BCUT2D eigenvalue weighted by Crippen LogP contribution is 2.31. The molecule has 1 aliphatic heterocycles. The lowest BCUT2D eigenvalue weighted by Crippen LogP contribution is -2.39. The van der Waals surface area contributed by atoms with Gasteiger partial charge in [0, 0.05) is 11.6 Å². The second-order valence-electron chi connectivity index (χ2n) is 5.95. The molecule has 6 heteroatoms. The maximum Gasteiger partial charge on any atom is 0.261 e. The number of ketones is 1. The third-order valence-electron chi connectivity index (χ3n) is 4.38. The molecule has 1 N–H and O–H groups in total. The number of benzene rings is 2. The van der Waals surface area contributed by atoms with Gasteiger partial charge in [-0.2, -0.15) is 0 Å². The molecule has 0 aromatic heterocycles. The smallest absolute Gasteiger partial charge is 0.261 e. The summed E-state index contributed by atoms with van der Waals surface area (Å²) in [5.41, 5.74) is 1.00. The molecule has 5 nitrogen and oxygen atoms in total. The number of hydrogen-bond donors (Lipinski definition) is 1. The van der Waals surface area contributed by atoms with Gasteiger partial charge < -0.3 is 5.11 Å². The number of rotatable bonds is 5. The number of halogens is 1. The van der Waals surface area contributed by atoms with Crippen LogP contribution in [0.15, 0.2) is 48.5 Å². The monoisotopic (exact) mass is 357 g/mol. The van der Waals surface area contributed by atoms with E-state index in [1.165, 1.54) is 6.92 Å². The van der Waals surface area contributed by atoms with Crippen LogP contribution in [0.3, 0.4) is 0 Å². The molecular formula is C19H16ClNO4. The first-order valence-electron chi connectivity index (χ1n) is 7.80. The van der Waals surface area contributed by atoms with Crippen molar-refractivity contribution in [1.82, 2.24) is 4.90 Å². The van der Waals surface area contributed by atoms with Gasteiger partial charge in [0.2, 0.25) is 0 Å². The number of aliphatic hydroxyl groups excluding tert-OH is 1. The van der Waals surface area contributed by atoms with E-state index in [0.717, 1.165) is 4.90 Å². The molecule has 0 saturated carbocycles. The van der Waals surface area contributed by atoms with E-state index in [1.807, 2.05) is 0 Å². The number of Topliss-reactive ketones (excluding diaryl/α,β-unsaturated/α-hetero) is 1. The minimum atomic E-state index is -1.21. The van der Waals surface area contributed by atoms with Crippen molar-refractivity contribution in [2.45, 2.75) is 13.0 Å². The Morgan fingerprint density at radius 1 is 1.04 bits per heavy atom. The van der Waals surface area contributed by atoms with Gasteiger partial charge in [-0.1, -0.05) is 41.9 Å². The molecule has 0 saturated heterocycles. The van der Waals surface area contributed by atoms with Gasteiger partial charge in [-0.3, -0.25) is 19.3 Å². The van der Waals surface area contributed by atoms with Crippen LogP contribution in [0.5, 0.6) is 0 Å². The minimum Gasteiger partial charge on any atom is -0.388 e. The van der Waals surface area contributed by atoms with E-state index in [4.69, 9.17) is 11.6 Å². The van der Waals surface area contributed by atoms with Crippen LogP contribution in [0.4, 0.5) is 0 Å². The van der Waals surface area contributed by atoms with Crippen LogP contribution in [0, 0.1) is 5.92 Å². The lowest BCUT2D eigenvalue weighted by atomic mass is 9.92. The van der Waals surface area contributed by atoms with Crippen molar-refractivity contribution < 1.29 is 19.5 Å². The first kappa shape index (κ1) is 17.3. The van der Waals surface area contributed by atoms with Crippen molar-refractivity contribution >= 4 is 29.2 Å². The fourth-order valence-electron chi connectivity index (χ4n) is 2.98. The maximum absolute atomic E-state index is 12.5. The van der Waals surface area contributed by atoms with E-state index in [2.05, 4.69) is 0 Å². The second kappa shape index (κ2) is 6.78. The van der Waals surface area contributed by atoms with Gasteiger partial charge in [-0.15, -0.1) is 0 Å². The molecule has 3 rings (SSSR count). The average Bonchev–Trinajstić information content (AvgIpc) is 2.84. The quantitative estimate of drug-likeness (QED) is 0.835. The number of aliphatic hydroxyl groups is 1. The summed E-state index contributed by atoms with van der Waals surface area (Å²) in [6.45, 7) is 1.12. The average molecular weight is 358 g/mol. The number of fused-ring (bicyclic) bond motifs is 1. The lowest BCUT2D eigenvalue weighted by molar-refractivity contribution is -0.124. The van der Waals surface area contributed by atoms with Gasteiger partial charge in [0.25, 0.3) is 11.8 Å². The van der Waals surface area contributed by atoms with E-state index in [1.54, 1.807) is 48.5 Å². The number of carbonyl (C=O) groups is 3. The molecule has 1 heterocycles. The van der Waals surface area contributed by atoms with Gasteiger partial charge in [0.15, 0.2) is 0 Å². The summed E-state index contributed by atoms with van der Waals surface area (Å²) < 4.78 is 0. The Labute approximate surface area is 149 Å². The summed E-state index contributed by atoms with van der Waals surface area (Å²) in [6, 6.07) is 13.1. The van der Waals surface area contributed by atoms with Crippen LogP contribution in [0.1, 0.15) is 39.3 Å². The molecule has 0 unspecified atom stereocenters. The number of nitrogens with zero attached hydrogens (tertiary/aromatic N) is 1. The van der Waals surface area contributed by atoms with Crippen LogP contribution in [-0.2, 0) is 4.79 Å². The Kier molecular flexibility index (Phi) is 4.70. The molecule has 0 radical (unpaired) electrons. The van der Waals surface area contributed by atoms with Crippen molar-refractivity contribution in [3.05, 3.63) is 70.2 Å². The summed E-state index contributed by atoms with van der Waals surface area (Å²) in [5.74, 6) is -2.21. The Morgan fingerprint density at radius 2 is 1.56 bits per heavy atom. The molecule has 0 aliphatic carbocycles. The van der Waals surface area contributed by atoms with Gasteiger partial charge in [0.05, 0.1) is 23.1 Å². The van der Waals surface area contributed by atoms with E-state index in [-0.39, 0.29) is 12.3 Å². The largest absolute Gasteiger partial charge is 0.388 e. The minimum absolute atomic E-state index is 0.200. The van der Waals surface area contributed by atoms with Crippen LogP contribution in [-0.4, -0.2) is 34.1 Å². The summed E-state index contributed by atoms with van der Waals surface area (Å²) in [7, 11) is 0. The fraction of sp³-hybridized carbons (Fsp3) is 0.211. The zero-order valence-electron chi connectivity index (χ0n) is 13.5. The number of carbonyl (C=O) groups excluding carboxylic acids is 3. The Hall–Kier alpha value is -2.50. The number of hydrogen-bond acceptors (Lipinski definition) is 4. The molecule has 2 atom stereocenters. The molecule has 0 bridgehead atoms. The van der Waals surface area contributed by atoms with Crippen molar-refractivity contribution in [2.75, 3.05) is 6.54 Å².